The minimum atomic E-state index is 0.0376. The van der Waals surface area contributed by atoms with Crippen LogP contribution in [-0.2, 0) is 0 Å². The van der Waals surface area contributed by atoms with Crippen LogP contribution >= 0.6 is 0 Å². The Labute approximate surface area is 71.8 Å². The number of aromatic nitrogens is 1. The predicted octanol–water partition coefficient (Wildman–Crippen LogP) is 0.792. The normalized spacial score (nSPS) is 9.83. The number of nitrogens with one attached hydrogen (secondary N) is 1. The second-order valence-corrected chi connectivity index (χ2v) is 2.62. The average Bonchev–Trinajstić information content (AvgIpc) is 2.05. The van der Waals surface area contributed by atoms with Crippen LogP contribution in [-0.4, -0.2) is 24.4 Å². The third-order valence-corrected chi connectivity index (χ3v) is 1.61. The Hall–Kier alpha value is -1.22. The van der Waals surface area contributed by atoms with Crippen LogP contribution in [0.25, 0.3) is 0 Å². The zero-order chi connectivity index (χ0) is 8.97. The van der Waals surface area contributed by atoms with Crippen molar-refractivity contribution in [3.8, 4) is 0 Å². The van der Waals surface area contributed by atoms with E-state index in [4.69, 9.17) is 0 Å². The molecule has 1 rings (SSSR count). The molecule has 12 heavy (non-hydrogen) atoms. The number of ketones is 1. The molecule has 0 radical (unpaired) electrons. The number of Topliss-reactive ketones (excluding diaryl/α,β-unsaturated/α-hetero) is 1. The summed E-state index contributed by atoms with van der Waals surface area (Å²) in [7, 11) is 1.75. The highest BCUT2D eigenvalue weighted by Gasteiger charge is 2.07. The maximum absolute atomic E-state index is 11.3. The van der Waals surface area contributed by atoms with Gasteiger partial charge in [0.05, 0.1) is 6.54 Å². The van der Waals surface area contributed by atoms with Crippen LogP contribution in [0.1, 0.15) is 16.1 Å². The largest absolute Gasteiger partial charge is 0.313 e. The smallest absolute Gasteiger partial charge is 0.195 e. The number of carbonyl (C=O) groups is 1. The first-order chi connectivity index (χ1) is 5.75. The first-order valence-electron chi connectivity index (χ1n) is 3.85. The Bertz CT molecular complexity index is 284. The SMILES string of the molecule is CNCC(=O)c1ncccc1C. The molecule has 1 aromatic rings. The van der Waals surface area contributed by atoms with Crippen LogP contribution in [0.2, 0.25) is 0 Å². The molecule has 0 fully saturated rings. The van der Waals surface area contributed by atoms with Crippen molar-refractivity contribution < 1.29 is 4.79 Å². The van der Waals surface area contributed by atoms with Gasteiger partial charge in [-0.3, -0.25) is 9.78 Å². The van der Waals surface area contributed by atoms with Crippen LogP contribution in [0.15, 0.2) is 18.3 Å². The van der Waals surface area contributed by atoms with Gasteiger partial charge in [0.25, 0.3) is 0 Å². The van der Waals surface area contributed by atoms with E-state index in [1.165, 1.54) is 0 Å². The van der Waals surface area contributed by atoms with Crippen molar-refractivity contribution in [3.05, 3.63) is 29.6 Å². The number of pyridine rings is 1. The molecule has 0 aliphatic heterocycles. The first kappa shape index (κ1) is 8.87. The molecule has 0 aromatic carbocycles. The van der Waals surface area contributed by atoms with Gasteiger partial charge in [-0.2, -0.15) is 0 Å². The van der Waals surface area contributed by atoms with Crippen molar-refractivity contribution in [2.24, 2.45) is 0 Å². The summed E-state index contributed by atoms with van der Waals surface area (Å²) in [6.07, 6.45) is 1.63. The molecule has 0 amide bonds. The lowest BCUT2D eigenvalue weighted by atomic mass is 10.1. The number of aryl methyl sites for hydroxylation is 1. The lowest BCUT2D eigenvalue weighted by molar-refractivity contribution is 0.0988. The molecule has 0 saturated heterocycles. The van der Waals surface area contributed by atoms with Crippen LogP contribution < -0.4 is 5.32 Å². The molecular weight excluding hydrogens is 152 g/mol. The monoisotopic (exact) mass is 164 g/mol. The van der Waals surface area contributed by atoms with Crippen LogP contribution in [0, 0.1) is 6.92 Å². The fraction of sp³-hybridized carbons (Fsp3) is 0.333. The second-order valence-electron chi connectivity index (χ2n) is 2.62. The lowest BCUT2D eigenvalue weighted by Gasteiger charge is -2.01. The van der Waals surface area contributed by atoms with E-state index in [2.05, 4.69) is 10.3 Å². The Morgan fingerprint density at radius 1 is 1.67 bits per heavy atom. The summed E-state index contributed by atoms with van der Waals surface area (Å²) in [5.41, 5.74) is 1.49. The fourth-order valence-corrected chi connectivity index (χ4v) is 1.02. The zero-order valence-corrected chi connectivity index (χ0v) is 7.29. The van der Waals surface area contributed by atoms with E-state index >= 15 is 0 Å². The molecule has 64 valence electrons. The number of carbonyl (C=O) groups excluding carboxylic acids is 1. The molecular formula is C9H12N2O. The zero-order valence-electron chi connectivity index (χ0n) is 7.29. The highest BCUT2D eigenvalue weighted by Crippen LogP contribution is 2.02. The molecule has 0 bridgehead atoms. The van der Waals surface area contributed by atoms with Gasteiger partial charge in [0.2, 0.25) is 0 Å². The van der Waals surface area contributed by atoms with Crippen molar-refractivity contribution in [2.75, 3.05) is 13.6 Å². The fourth-order valence-electron chi connectivity index (χ4n) is 1.02. The average molecular weight is 164 g/mol. The van der Waals surface area contributed by atoms with Gasteiger partial charge in [0.15, 0.2) is 5.78 Å². The van der Waals surface area contributed by atoms with Gasteiger partial charge in [-0.15, -0.1) is 0 Å². The summed E-state index contributed by atoms with van der Waals surface area (Å²) in [6, 6.07) is 3.71. The molecule has 1 aromatic heterocycles. The predicted molar refractivity (Wildman–Crippen MR) is 47.2 cm³/mol. The van der Waals surface area contributed by atoms with Crippen LogP contribution in [0.3, 0.4) is 0 Å². The van der Waals surface area contributed by atoms with Gasteiger partial charge in [0.1, 0.15) is 5.69 Å². The molecule has 0 spiro atoms. The molecule has 3 nitrogen and oxygen atoms in total. The topological polar surface area (TPSA) is 42.0 Å². The Morgan fingerprint density at radius 2 is 2.42 bits per heavy atom. The first-order valence-corrected chi connectivity index (χ1v) is 3.85. The number of nitrogens with zero attached hydrogens (tertiary/aromatic N) is 1. The molecule has 3 heteroatoms. The summed E-state index contributed by atoms with van der Waals surface area (Å²) >= 11 is 0. The van der Waals surface area contributed by atoms with Crippen molar-refractivity contribution in [1.82, 2.24) is 10.3 Å². The molecule has 1 N–H and O–H groups in total. The van der Waals surface area contributed by atoms with E-state index in [-0.39, 0.29) is 5.78 Å². The van der Waals surface area contributed by atoms with E-state index in [0.717, 1.165) is 5.56 Å². The third kappa shape index (κ3) is 1.89. The quantitative estimate of drug-likeness (QED) is 0.672. The van der Waals surface area contributed by atoms with Crippen LogP contribution in [0.5, 0.6) is 0 Å². The summed E-state index contributed by atoms with van der Waals surface area (Å²) in [6.45, 7) is 2.23. The van der Waals surface area contributed by atoms with E-state index in [9.17, 15) is 4.79 Å². The number of hydrogen-bond donors (Lipinski definition) is 1. The standard InChI is InChI=1S/C9H12N2O/c1-7-4-3-5-11-9(7)8(12)6-10-2/h3-5,10H,6H2,1-2H3. The maximum Gasteiger partial charge on any atom is 0.195 e. The van der Waals surface area contributed by atoms with E-state index in [1.807, 2.05) is 19.1 Å². The van der Waals surface area contributed by atoms with Gasteiger partial charge in [-0.05, 0) is 25.6 Å². The summed E-state index contributed by atoms with van der Waals surface area (Å²) in [5.74, 6) is 0.0376. The number of likely N-dealkylation sites (N-methyl/N-ethyl adjacent to an activating group) is 1. The Balaban J connectivity index is 2.87. The Kier molecular flexibility index (Phi) is 2.94. The van der Waals surface area contributed by atoms with E-state index in [0.29, 0.717) is 12.2 Å². The number of hydrogen-bond acceptors (Lipinski definition) is 3. The van der Waals surface area contributed by atoms with Crippen molar-refractivity contribution in [3.63, 3.8) is 0 Å². The third-order valence-electron chi connectivity index (χ3n) is 1.61. The minimum Gasteiger partial charge on any atom is -0.313 e. The summed E-state index contributed by atoms with van der Waals surface area (Å²) in [4.78, 5) is 15.3. The highest BCUT2D eigenvalue weighted by molar-refractivity contribution is 5.96. The van der Waals surface area contributed by atoms with Gasteiger partial charge in [-0.1, -0.05) is 6.07 Å². The molecule has 0 aliphatic carbocycles. The molecule has 0 saturated carbocycles. The van der Waals surface area contributed by atoms with Gasteiger partial charge in [-0.25, -0.2) is 0 Å². The van der Waals surface area contributed by atoms with Crippen LogP contribution in [0.4, 0.5) is 0 Å². The van der Waals surface area contributed by atoms with E-state index in [1.54, 1.807) is 13.2 Å². The lowest BCUT2D eigenvalue weighted by Crippen LogP contribution is -2.20. The maximum atomic E-state index is 11.3. The van der Waals surface area contributed by atoms with Crippen molar-refractivity contribution in [2.45, 2.75) is 6.92 Å². The summed E-state index contributed by atoms with van der Waals surface area (Å²) in [5, 5.41) is 2.80. The van der Waals surface area contributed by atoms with E-state index < -0.39 is 0 Å². The van der Waals surface area contributed by atoms with Gasteiger partial charge >= 0.3 is 0 Å². The molecule has 0 unspecified atom stereocenters. The second kappa shape index (κ2) is 3.97. The molecule has 0 aliphatic rings. The highest BCUT2D eigenvalue weighted by atomic mass is 16.1. The van der Waals surface area contributed by atoms with Gasteiger partial charge in [0, 0.05) is 6.20 Å². The number of rotatable bonds is 3. The van der Waals surface area contributed by atoms with Gasteiger partial charge < -0.3 is 5.32 Å². The van der Waals surface area contributed by atoms with Crippen molar-refractivity contribution in [1.29, 1.82) is 0 Å². The minimum absolute atomic E-state index is 0.0376. The molecule has 1 heterocycles. The Morgan fingerprint density at radius 3 is 3.00 bits per heavy atom. The molecule has 0 atom stereocenters. The summed E-state index contributed by atoms with van der Waals surface area (Å²) < 4.78 is 0. The van der Waals surface area contributed by atoms with Crippen molar-refractivity contribution >= 4 is 5.78 Å².